The van der Waals surface area contributed by atoms with E-state index in [1.807, 2.05) is 48.7 Å². The van der Waals surface area contributed by atoms with Crippen LogP contribution in [0.5, 0.6) is 5.75 Å². The van der Waals surface area contributed by atoms with Crippen molar-refractivity contribution in [1.82, 2.24) is 4.98 Å². The summed E-state index contributed by atoms with van der Waals surface area (Å²) >= 11 is 6.31. The molecule has 0 aliphatic heterocycles. The molecule has 0 amide bonds. The summed E-state index contributed by atoms with van der Waals surface area (Å²) in [5.41, 5.74) is 8.88. The molecular weight excluding hydrogens is 284 g/mol. The Morgan fingerprint density at radius 1 is 1.14 bits per heavy atom. The highest BCUT2D eigenvalue weighted by atomic mass is 35.5. The molecule has 1 aromatic heterocycles. The number of ether oxygens (including phenoxy) is 1. The monoisotopic (exact) mass is 300 g/mol. The van der Waals surface area contributed by atoms with Gasteiger partial charge in [0, 0.05) is 17.6 Å². The Bertz CT molecular complexity index is 737. The second-order valence-electron chi connectivity index (χ2n) is 4.95. The van der Waals surface area contributed by atoms with Crippen LogP contribution in [0.15, 0.2) is 48.7 Å². The molecule has 0 fully saturated rings. The summed E-state index contributed by atoms with van der Waals surface area (Å²) in [6, 6.07) is 13.9. The molecule has 3 rings (SSSR count). The Morgan fingerprint density at radius 2 is 1.95 bits per heavy atom. The van der Waals surface area contributed by atoms with Crippen LogP contribution < -0.4 is 10.5 Å². The van der Waals surface area contributed by atoms with Crippen LogP contribution in [0, 0.1) is 0 Å². The van der Waals surface area contributed by atoms with Crippen molar-refractivity contribution >= 4 is 22.5 Å². The summed E-state index contributed by atoms with van der Waals surface area (Å²) < 4.78 is 5.85. The second-order valence-corrected chi connectivity index (χ2v) is 5.36. The van der Waals surface area contributed by atoms with Crippen molar-refractivity contribution in [3.63, 3.8) is 0 Å². The molecule has 0 radical (unpaired) electrons. The van der Waals surface area contributed by atoms with E-state index in [1.54, 1.807) is 0 Å². The lowest BCUT2D eigenvalue weighted by Gasteiger charge is -2.08. The minimum Gasteiger partial charge on any atom is -0.489 e. The molecule has 3 aromatic rings. The summed E-state index contributed by atoms with van der Waals surface area (Å²) in [6.07, 6.45) is 2.78. The van der Waals surface area contributed by atoms with E-state index < -0.39 is 0 Å². The van der Waals surface area contributed by atoms with Crippen LogP contribution in [-0.4, -0.2) is 11.5 Å². The third-order valence-electron chi connectivity index (χ3n) is 3.46. The van der Waals surface area contributed by atoms with Crippen molar-refractivity contribution in [2.24, 2.45) is 5.73 Å². The van der Waals surface area contributed by atoms with Crippen molar-refractivity contribution in [3.05, 3.63) is 64.8 Å². The van der Waals surface area contributed by atoms with Crippen LogP contribution in [-0.2, 0) is 13.0 Å². The number of H-pyrrole nitrogens is 1. The highest BCUT2D eigenvalue weighted by Crippen LogP contribution is 2.31. The zero-order valence-corrected chi connectivity index (χ0v) is 12.4. The van der Waals surface area contributed by atoms with Gasteiger partial charge < -0.3 is 15.5 Å². The number of fused-ring (bicyclic) bond motifs is 1. The number of aromatic nitrogens is 1. The van der Waals surface area contributed by atoms with E-state index in [9.17, 15) is 0 Å². The van der Waals surface area contributed by atoms with Crippen molar-refractivity contribution in [2.45, 2.75) is 13.0 Å². The predicted octanol–water partition coefficient (Wildman–Crippen LogP) is 3.90. The summed E-state index contributed by atoms with van der Waals surface area (Å²) in [5, 5.41) is 1.75. The van der Waals surface area contributed by atoms with Crippen LogP contribution in [0.25, 0.3) is 10.9 Å². The molecule has 0 spiro atoms. The van der Waals surface area contributed by atoms with E-state index in [4.69, 9.17) is 22.1 Å². The van der Waals surface area contributed by atoms with Crippen molar-refractivity contribution in [3.8, 4) is 5.75 Å². The van der Waals surface area contributed by atoms with Gasteiger partial charge in [0.25, 0.3) is 0 Å². The largest absolute Gasteiger partial charge is 0.489 e. The van der Waals surface area contributed by atoms with Crippen LogP contribution in [0.3, 0.4) is 0 Å². The van der Waals surface area contributed by atoms with Crippen LogP contribution in [0.2, 0.25) is 5.02 Å². The standard InChI is InChI=1S/C17H17ClN2O/c18-16-9-14(21-11-12-4-2-1-3-5-12)8-15-13(6-7-19)10-20-17(15)16/h1-5,8-10,20H,6-7,11,19H2. The first-order chi connectivity index (χ1) is 10.3. The number of nitrogens with one attached hydrogen (secondary N) is 1. The van der Waals surface area contributed by atoms with Crippen LogP contribution in [0.4, 0.5) is 0 Å². The normalized spacial score (nSPS) is 11.0. The first-order valence-electron chi connectivity index (χ1n) is 6.94. The highest BCUT2D eigenvalue weighted by molar-refractivity contribution is 6.35. The Morgan fingerprint density at radius 3 is 2.71 bits per heavy atom. The minimum absolute atomic E-state index is 0.527. The number of aromatic amines is 1. The Balaban J connectivity index is 1.87. The van der Waals surface area contributed by atoms with Crippen molar-refractivity contribution in [1.29, 1.82) is 0 Å². The van der Waals surface area contributed by atoms with E-state index >= 15 is 0 Å². The molecule has 0 saturated carbocycles. The fourth-order valence-electron chi connectivity index (χ4n) is 2.41. The van der Waals surface area contributed by atoms with Gasteiger partial charge in [-0.3, -0.25) is 0 Å². The Kier molecular flexibility index (Phi) is 4.13. The van der Waals surface area contributed by atoms with Gasteiger partial charge in [-0.15, -0.1) is 0 Å². The Hall–Kier alpha value is -1.97. The van der Waals surface area contributed by atoms with Crippen molar-refractivity contribution in [2.75, 3.05) is 6.54 Å². The zero-order valence-electron chi connectivity index (χ0n) is 11.6. The summed E-state index contributed by atoms with van der Waals surface area (Å²) in [6.45, 7) is 1.14. The zero-order chi connectivity index (χ0) is 14.7. The van der Waals surface area contributed by atoms with Gasteiger partial charge in [-0.1, -0.05) is 41.9 Å². The molecule has 2 aromatic carbocycles. The van der Waals surface area contributed by atoms with Gasteiger partial charge in [-0.25, -0.2) is 0 Å². The second kappa shape index (κ2) is 6.20. The number of benzene rings is 2. The maximum Gasteiger partial charge on any atom is 0.122 e. The average molecular weight is 301 g/mol. The molecule has 0 bridgehead atoms. The smallest absolute Gasteiger partial charge is 0.122 e. The lowest BCUT2D eigenvalue weighted by Crippen LogP contribution is -2.02. The van der Waals surface area contributed by atoms with Crippen LogP contribution in [0.1, 0.15) is 11.1 Å². The van der Waals surface area contributed by atoms with Crippen molar-refractivity contribution < 1.29 is 4.74 Å². The molecule has 0 aliphatic rings. The van der Waals surface area contributed by atoms with Gasteiger partial charge in [0.05, 0.1) is 10.5 Å². The SMILES string of the molecule is NCCc1c[nH]c2c(Cl)cc(OCc3ccccc3)cc12. The number of hydrogen-bond acceptors (Lipinski definition) is 2. The molecule has 108 valence electrons. The van der Waals surface area contributed by atoms with E-state index in [-0.39, 0.29) is 0 Å². The number of halogens is 1. The van der Waals surface area contributed by atoms with E-state index in [0.717, 1.165) is 28.6 Å². The predicted molar refractivity (Wildman–Crippen MR) is 86.8 cm³/mol. The first kappa shape index (κ1) is 14.0. The molecular formula is C17H17ClN2O. The summed E-state index contributed by atoms with van der Waals surface area (Å²) in [4.78, 5) is 3.20. The third-order valence-corrected chi connectivity index (χ3v) is 3.76. The summed E-state index contributed by atoms with van der Waals surface area (Å²) in [7, 11) is 0. The van der Waals surface area contributed by atoms with Crippen LogP contribution >= 0.6 is 11.6 Å². The molecule has 0 unspecified atom stereocenters. The molecule has 0 aliphatic carbocycles. The number of rotatable bonds is 5. The van der Waals surface area contributed by atoms with Gasteiger partial charge in [-0.2, -0.15) is 0 Å². The summed E-state index contributed by atoms with van der Waals surface area (Å²) in [5.74, 6) is 0.772. The van der Waals surface area contributed by atoms with Gasteiger partial charge >= 0.3 is 0 Å². The van der Waals surface area contributed by atoms with E-state index in [0.29, 0.717) is 18.2 Å². The third kappa shape index (κ3) is 3.04. The average Bonchev–Trinajstić information content (AvgIpc) is 2.90. The van der Waals surface area contributed by atoms with E-state index in [1.165, 1.54) is 5.56 Å². The fourth-order valence-corrected chi connectivity index (χ4v) is 2.67. The molecule has 3 nitrogen and oxygen atoms in total. The lowest BCUT2D eigenvalue weighted by atomic mass is 10.1. The maximum atomic E-state index is 6.31. The Labute approximate surface area is 128 Å². The quantitative estimate of drug-likeness (QED) is 0.751. The number of hydrogen-bond donors (Lipinski definition) is 2. The molecule has 0 saturated heterocycles. The molecule has 1 heterocycles. The minimum atomic E-state index is 0.527. The number of nitrogens with two attached hydrogens (primary N) is 1. The molecule has 0 atom stereocenters. The molecule has 3 N–H and O–H groups in total. The van der Waals surface area contributed by atoms with Gasteiger partial charge in [-0.05, 0) is 30.2 Å². The maximum absolute atomic E-state index is 6.31. The molecule has 4 heteroatoms. The highest BCUT2D eigenvalue weighted by Gasteiger charge is 2.09. The fraction of sp³-hybridized carbons (Fsp3) is 0.176. The van der Waals surface area contributed by atoms with Gasteiger partial charge in [0.2, 0.25) is 0 Å². The first-order valence-corrected chi connectivity index (χ1v) is 7.32. The van der Waals surface area contributed by atoms with Gasteiger partial charge in [0.15, 0.2) is 0 Å². The molecule has 21 heavy (non-hydrogen) atoms. The van der Waals surface area contributed by atoms with E-state index in [2.05, 4.69) is 4.98 Å². The lowest BCUT2D eigenvalue weighted by molar-refractivity contribution is 0.306. The topological polar surface area (TPSA) is 51.0 Å². The van der Waals surface area contributed by atoms with Gasteiger partial charge in [0.1, 0.15) is 12.4 Å².